The van der Waals surface area contributed by atoms with E-state index < -0.39 is 25.9 Å². The highest BCUT2D eigenvalue weighted by Crippen LogP contribution is 2.53. The Labute approximate surface area is 415 Å². The van der Waals surface area contributed by atoms with Crippen LogP contribution in [0.4, 0.5) is 0 Å². The number of phenolic OH excluding ortho intramolecular Hbond substituents is 4. The standard InChI is InChI=1S/C40H26O4.2C8H10OS.CHCl3/c41-33-19-17-23-9-1-5-13-27(23)35(33)37-29-15-7-3-11-25(29)21-31(39(37)43)32-22-26-12-4-8-16-30(26)38(40(32)44)36-28-14-6-2-10-24(28)18-20-34(36)42;2*1-7-5-3-4-6-8(7)10(2)9;2-1(3)4/h1-22,41-44H;2*3-6H,1-2H3;1H/t;2*10-;/m.11./s1. The van der Waals surface area contributed by atoms with Gasteiger partial charge in [-0.05, 0) is 104 Å². The summed E-state index contributed by atoms with van der Waals surface area (Å²) in [6.07, 6.45) is 3.39. The molecule has 344 valence electrons. The van der Waals surface area contributed by atoms with Gasteiger partial charge in [-0.25, -0.2) is 0 Å². The van der Waals surface area contributed by atoms with Crippen molar-refractivity contribution in [2.75, 3.05) is 12.5 Å². The van der Waals surface area contributed by atoms with Gasteiger partial charge in [0.05, 0.1) is 21.6 Å². The van der Waals surface area contributed by atoms with Gasteiger partial charge in [-0.1, -0.05) is 180 Å². The van der Waals surface area contributed by atoms with Crippen molar-refractivity contribution in [1.29, 1.82) is 0 Å². The Hall–Kier alpha value is -6.39. The highest BCUT2D eigenvalue weighted by molar-refractivity contribution is 7.84. The molecule has 0 amide bonds. The number of hydrogen-bond acceptors (Lipinski definition) is 6. The Balaban J connectivity index is 0.000000233. The molecule has 0 aromatic heterocycles. The molecule has 2 atom stereocenters. The highest BCUT2D eigenvalue weighted by Gasteiger charge is 2.25. The predicted octanol–water partition coefficient (Wildman–Crippen LogP) is 15.6. The molecule has 68 heavy (non-hydrogen) atoms. The summed E-state index contributed by atoms with van der Waals surface area (Å²) in [5, 5.41) is 53.5. The van der Waals surface area contributed by atoms with Gasteiger partial charge in [0, 0.05) is 55.7 Å². The van der Waals surface area contributed by atoms with Crippen molar-refractivity contribution < 1.29 is 28.8 Å². The molecule has 0 aliphatic carbocycles. The van der Waals surface area contributed by atoms with Gasteiger partial charge >= 0.3 is 0 Å². The summed E-state index contributed by atoms with van der Waals surface area (Å²) < 4.78 is 21.2. The van der Waals surface area contributed by atoms with E-state index in [4.69, 9.17) is 34.8 Å². The van der Waals surface area contributed by atoms with Crippen LogP contribution in [-0.2, 0) is 21.6 Å². The summed E-state index contributed by atoms with van der Waals surface area (Å²) in [6, 6.07) is 57.1. The second-order valence-electron chi connectivity index (χ2n) is 15.8. The molecule has 10 aromatic rings. The number of rotatable bonds is 5. The van der Waals surface area contributed by atoms with Crippen molar-refractivity contribution in [2.24, 2.45) is 0 Å². The first-order valence-electron chi connectivity index (χ1n) is 21.3. The third-order valence-corrected chi connectivity index (χ3v) is 13.6. The first-order chi connectivity index (χ1) is 32.7. The number of phenols is 4. The minimum Gasteiger partial charge on any atom is -0.507 e. The van der Waals surface area contributed by atoms with Gasteiger partial charge in [0.1, 0.15) is 23.0 Å². The van der Waals surface area contributed by atoms with Gasteiger partial charge < -0.3 is 20.4 Å². The monoisotopic (exact) mass is 996 g/mol. The highest BCUT2D eigenvalue weighted by atomic mass is 35.6. The normalized spacial score (nSPS) is 11.8. The third-order valence-electron chi connectivity index (χ3n) is 11.5. The lowest BCUT2D eigenvalue weighted by Crippen LogP contribution is -1.93. The van der Waals surface area contributed by atoms with E-state index in [1.54, 1.807) is 24.6 Å². The van der Waals surface area contributed by atoms with Crippen LogP contribution in [0, 0.1) is 13.8 Å². The lowest BCUT2D eigenvalue weighted by molar-refractivity contribution is 0.467. The molecule has 11 heteroatoms. The first kappa shape index (κ1) is 49.5. The molecule has 0 radical (unpaired) electrons. The van der Waals surface area contributed by atoms with Crippen molar-refractivity contribution in [1.82, 2.24) is 0 Å². The smallest absolute Gasteiger partial charge is 0.180 e. The van der Waals surface area contributed by atoms with E-state index in [-0.39, 0.29) is 23.0 Å². The Morgan fingerprint density at radius 3 is 0.971 bits per heavy atom. The Bertz CT molecular complexity index is 3270. The van der Waals surface area contributed by atoms with E-state index in [1.807, 2.05) is 184 Å². The van der Waals surface area contributed by atoms with Crippen molar-refractivity contribution in [3.8, 4) is 56.4 Å². The van der Waals surface area contributed by atoms with E-state index in [2.05, 4.69) is 0 Å². The average Bonchev–Trinajstić information content (AvgIpc) is 3.32. The molecule has 10 rings (SSSR count). The zero-order valence-corrected chi connectivity index (χ0v) is 41.4. The fraction of sp³-hybridized carbons (Fsp3) is 0.0877. The molecule has 0 unspecified atom stereocenters. The Morgan fingerprint density at radius 2 is 0.662 bits per heavy atom. The maximum atomic E-state index is 12.2. The van der Waals surface area contributed by atoms with E-state index in [9.17, 15) is 28.8 Å². The Kier molecular flexibility index (Phi) is 16.1. The number of benzene rings is 10. The molecule has 0 saturated carbocycles. The van der Waals surface area contributed by atoms with Crippen LogP contribution >= 0.6 is 34.8 Å². The third kappa shape index (κ3) is 10.8. The molecular formula is C57H47Cl3O6S2. The van der Waals surface area contributed by atoms with Crippen LogP contribution < -0.4 is 0 Å². The van der Waals surface area contributed by atoms with Crippen LogP contribution in [0.25, 0.3) is 76.5 Å². The van der Waals surface area contributed by atoms with Crippen LogP contribution in [0.2, 0.25) is 0 Å². The fourth-order valence-corrected chi connectivity index (χ4v) is 9.98. The summed E-state index contributed by atoms with van der Waals surface area (Å²) in [6.45, 7) is 3.94. The van der Waals surface area contributed by atoms with Gasteiger partial charge in [-0.2, -0.15) is 0 Å². The minimum atomic E-state index is -0.841. The second-order valence-corrected chi connectivity index (χ2v) is 20.5. The van der Waals surface area contributed by atoms with Gasteiger partial charge in [0.25, 0.3) is 0 Å². The molecule has 0 saturated heterocycles. The van der Waals surface area contributed by atoms with Crippen LogP contribution in [-0.4, -0.2) is 45.7 Å². The number of aromatic hydroxyl groups is 4. The van der Waals surface area contributed by atoms with E-state index >= 15 is 0 Å². The van der Waals surface area contributed by atoms with Crippen molar-refractivity contribution in [3.63, 3.8) is 0 Å². The SMILES string of the molecule is Cc1ccccc1[S@@](C)=O.Cc1ccccc1[S@@](C)=O.ClC(Cl)Cl.Oc1ccc2ccccc2c1-c1c(O)c(-c2cc3ccccc3c(-c3c(O)ccc4ccccc34)c2O)cc2ccccc12. The van der Waals surface area contributed by atoms with Crippen molar-refractivity contribution in [3.05, 3.63) is 193 Å². The van der Waals surface area contributed by atoms with Crippen molar-refractivity contribution >= 4 is 99.5 Å². The zero-order valence-electron chi connectivity index (χ0n) is 37.5. The lowest BCUT2D eigenvalue weighted by Gasteiger charge is -2.20. The van der Waals surface area contributed by atoms with Crippen LogP contribution in [0.3, 0.4) is 0 Å². The van der Waals surface area contributed by atoms with E-state index in [0.717, 1.165) is 64.0 Å². The molecular weight excluding hydrogens is 951 g/mol. The fourth-order valence-electron chi connectivity index (χ4n) is 8.39. The number of halogens is 3. The maximum Gasteiger partial charge on any atom is 0.180 e. The summed E-state index contributed by atoms with van der Waals surface area (Å²) in [5.74, 6) is -0.0288. The molecule has 0 aliphatic rings. The van der Waals surface area contributed by atoms with Crippen LogP contribution in [0.5, 0.6) is 23.0 Å². The summed E-state index contributed by atoms with van der Waals surface area (Å²) in [5.41, 5.74) is 5.03. The van der Waals surface area contributed by atoms with Gasteiger partial charge in [0.15, 0.2) is 4.30 Å². The second kappa shape index (κ2) is 22.1. The number of hydrogen-bond donors (Lipinski definition) is 4. The first-order valence-corrected chi connectivity index (χ1v) is 25.7. The molecule has 0 bridgehead atoms. The van der Waals surface area contributed by atoms with E-state index in [0.29, 0.717) is 33.4 Å². The van der Waals surface area contributed by atoms with Gasteiger partial charge in [-0.3, -0.25) is 8.42 Å². The lowest BCUT2D eigenvalue weighted by atomic mass is 9.85. The van der Waals surface area contributed by atoms with Crippen molar-refractivity contribution in [2.45, 2.75) is 27.9 Å². The quantitative estimate of drug-likeness (QED) is 0.128. The average molecular weight is 998 g/mol. The minimum absolute atomic E-state index is 0.0467. The molecule has 6 nitrogen and oxygen atoms in total. The molecule has 0 heterocycles. The number of fused-ring (bicyclic) bond motifs is 4. The topological polar surface area (TPSA) is 115 Å². The number of alkyl halides is 3. The van der Waals surface area contributed by atoms with E-state index in [1.165, 1.54) is 0 Å². The maximum absolute atomic E-state index is 12.2. The molecule has 0 fully saturated rings. The largest absolute Gasteiger partial charge is 0.507 e. The van der Waals surface area contributed by atoms with Crippen LogP contribution in [0.1, 0.15) is 11.1 Å². The van der Waals surface area contributed by atoms with Gasteiger partial charge in [0.2, 0.25) is 0 Å². The Morgan fingerprint density at radius 1 is 0.382 bits per heavy atom. The zero-order chi connectivity index (χ0) is 48.6. The van der Waals surface area contributed by atoms with Crippen LogP contribution in [0.15, 0.2) is 192 Å². The predicted molar refractivity (Wildman–Crippen MR) is 288 cm³/mol. The summed E-state index contributed by atoms with van der Waals surface area (Å²) in [4.78, 5) is 1.87. The summed E-state index contributed by atoms with van der Waals surface area (Å²) >= 11 is 14.4. The molecule has 0 aliphatic heterocycles. The molecule has 0 spiro atoms. The molecule has 10 aromatic carbocycles. The summed E-state index contributed by atoms with van der Waals surface area (Å²) in [7, 11) is -1.68. The number of aryl methyl sites for hydroxylation is 2. The van der Waals surface area contributed by atoms with Gasteiger partial charge in [-0.15, -0.1) is 0 Å². The molecule has 4 N–H and O–H groups in total.